The summed E-state index contributed by atoms with van der Waals surface area (Å²) in [6.07, 6.45) is 0.559. The lowest BCUT2D eigenvalue weighted by Gasteiger charge is -2.34. The molecule has 1 aliphatic heterocycles. The van der Waals surface area contributed by atoms with Crippen molar-refractivity contribution in [2.24, 2.45) is 0 Å². The van der Waals surface area contributed by atoms with Crippen LogP contribution >= 0.6 is 0 Å². The number of hydrogen-bond donors (Lipinski definition) is 0. The van der Waals surface area contributed by atoms with Crippen LogP contribution in [0.3, 0.4) is 0 Å². The lowest BCUT2D eigenvalue weighted by Crippen LogP contribution is -2.49. The zero-order valence-corrected chi connectivity index (χ0v) is 19.9. The molecule has 8 nitrogen and oxygen atoms in total. The fourth-order valence-electron chi connectivity index (χ4n) is 4.18. The summed E-state index contributed by atoms with van der Waals surface area (Å²) in [7, 11) is 1.55. The third-order valence-electron chi connectivity index (χ3n) is 6.16. The van der Waals surface area contributed by atoms with E-state index in [1.54, 1.807) is 54.9 Å². The number of amides is 1. The Balaban J connectivity index is 1.46. The molecule has 1 amide bonds. The van der Waals surface area contributed by atoms with Crippen molar-refractivity contribution in [1.29, 1.82) is 0 Å². The predicted molar refractivity (Wildman–Crippen MR) is 131 cm³/mol. The van der Waals surface area contributed by atoms with Crippen molar-refractivity contribution in [3.8, 4) is 22.6 Å². The second-order valence-electron chi connectivity index (χ2n) is 8.44. The van der Waals surface area contributed by atoms with Crippen LogP contribution in [0.5, 0.6) is 5.75 Å². The minimum absolute atomic E-state index is 0.206. The number of rotatable bonds is 5. The van der Waals surface area contributed by atoms with Crippen molar-refractivity contribution in [3.05, 3.63) is 84.4 Å². The number of anilines is 1. The van der Waals surface area contributed by atoms with Gasteiger partial charge in [0.15, 0.2) is 5.69 Å². The number of nitrogens with zero attached hydrogens (tertiary/aromatic N) is 6. The standard InChI is InChI=1S/C26H23F3N6O2/c1-37-21-5-2-4-18(16-21)22-17-35(20-8-6-19(7-9-20)26(27,28)29)32-23(22)24(36)33-12-14-34(15-13-33)25-30-10-3-11-31-25/h2-11,16-17H,12-15H2,1H3. The van der Waals surface area contributed by atoms with Crippen LogP contribution < -0.4 is 9.64 Å². The van der Waals surface area contributed by atoms with Gasteiger partial charge in [-0.3, -0.25) is 4.79 Å². The monoisotopic (exact) mass is 508 g/mol. The van der Waals surface area contributed by atoms with Crippen molar-refractivity contribution in [1.82, 2.24) is 24.6 Å². The van der Waals surface area contributed by atoms with Gasteiger partial charge in [-0.15, -0.1) is 0 Å². The Bertz CT molecular complexity index is 1380. The molecule has 2 aromatic carbocycles. The Morgan fingerprint density at radius 3 is 2.30 bits per heavy atom. The summed E-state index contributed by atoms with van der Waals surface area (Å²) < 4.78 is 45.9. The number of alkyl halides is 3. The number of carbonyl (C=O) groups is 1. The van der Waals surface area contributed by atoms with Crippen LogP contribution in [0.1, 0.15) is 16.1 Å². The van der Waals surface area contributed by atoms with E-state index in [-0.39, 0.29) is 11.6 Å². The number of halogens is 3. The van der Waals surface area contributed by atoms with E-state index in [2.05, 4.69) is 15.1 Å². The molecule has 0 atom stereocenters. The topological polar surface area (TPSA) is 76.4 Å². The maximum absolute atomic E-state index is 13.6. The summed E-state index contributed by atoms with van der Waals surface area (Å²) in [5.41, 5.74) is 1.11. The number of methoxy groups -OCH3 is 1. The van der Waals surface area contributed by atoms with Gasteiger partial charge in [-0.1, -0.05) is 12.1 Å². The van der Waals surface area contributed by atoms with Gasteiger partial charge in [0, 0.05) is 50.3 Å². The summed E-state index contributed by atoms with van der Waals surface area (Å²) in [6, 6.07) is 13.6. The van der Waals surface area contributed by atoms with Gasteiger partial charge in [-0.2, -0.15) is 18.3 Å². The molecule has 1 saturated heterocycles. The third kappa shape index (κ3) is 5.11. The minimum atomic E-state index is -4.44. The van der Waals surface area contributed by atoms with E-state index >= 15 is 0 Å². The van der Waals surface area contributed by atoms with Gasteiger partial charge in [0.05, 0.1) is 18.4 Å². The Hall–Kier alpha value is -4.41. The highest BCUT2D eigenvalue weighted by molar-refractivity contribution is 5.99. The van der Waals surface area contributed by atoms with Crippen molar-refractivity contribution in [2.75, 3.05) is 38.2 Å². The lowest BCUT2D eigenvalue weighted by atomic mass is 10.1. The average molecular weight is 509 g/mol. The zero-order chi connectivity index (χ0) is 26.0. The molecule has 2 aromatic heterocycles. The molecule has 190 valence electrons. The van der Waals surface area contributed by atoms with Gasteiger partial charge in [-0.05, 0) is 48.0 Å². The first-order valence-corrected chi connectivity index (χ1v) is 11.6. The molecule has 1 aliphatic rings. The lowest BCUT2D eigenvalue weighted by molar-refractivity contribution is -0.137. The van der Waals surface area contributed by atoms with E-state index in [1.165, 1.54) is 16.8 Å². The summed E-state index contributed by atoms with van der Waals surface area (Å²) in [5, 5.41) is 4.52. The molecule has 37 heavy (non-hydrogen) atoms. The van der Waals surface area contributed by atoms with Crippen molar-refractivity contribution in [2.45, 2.75) is 6.18 Å². The molecule has 11 heteroatoms. The fourth-order valence-corrected chi connectivity index (χ4v) is 4.18. The summed E-state index contributed by atoms with van der Waals surface area (Å²) in [4.78, 5) is 25.9. The molecule has 0 bridgehead atoms. The van der Waals surface area contributed by atoms with E-state index < -0.39 is 11.7 Å². The van der Waals surface area contributed by atoms with Crippen LogP contribution in [0, 0.1) is 0 Å². The molecular formula is C26H23F3N6O2. The molecule has 0 aliphatic carbocycles. The number of piperazine rings is 1. The van der Waals surface area contributed by atoms with Gasteiger partial charge in [0.2, 0.25) is 5.95 Å². The third-order valence-corrected chi connectivity index (χ3v) is 6.16. The highest BCUT2D eigenvalue weighted by atomic mass is 19.4. The van der Waals surface area contributed by atoms with Gasteiger partial charge >= 0.3 is 6.18 Å². The van der Waals surface area contributed by atoms with Crippen LogP contribution in [0.4, 0.5) is 19.1 Å². The van der Waals surface area contributed by atoms with Crippen LogP contribution in [0.25, 0.3) is 16.8 Å². The van der Waals surface area contributed by atoms with E-state index in [9.17, 15) is 18.0 Å². The molecule has 0 N–H and O–H groups in total. The molecule has 0 saturated carbocycles. The smallest absolute Gasteiger partial charge is 0.416 e. The van der Waals surface area contributed by atoms with Gasteiger partial charge in [-0.25, -0.2) is 14.6 Å². The number of hydrogen-bond acceptors (Lipinski definition) is 6. The van der Waals surface area contributed by atoms with Crippen LogP contribution in [-0.2, 0) is 6.18 Å². The minimum Gasteiger partial charge on any atom is -0.497 e. The van der Waals surface area contributed by atoms with E-state index in [4.69, 9.17) is 4.74 Å². The number of aromatic nitrogens is 4. The molecule has 0 radical (unpaired) electrons. The zero-order valence-electron chi connectivity index (χ0n) is 19.9. The molecule has 1 fully saturated rings. The first kappa shape index (κ1) is 24.3. The number of benzene rings is 2. The highest BCUT2D eigenvalue weighted by Crippen LogP contribution is 2.31. The van der Waals surface area contributed by atoms with Gasteiger partial charge < -0.3 is 14.5 Å². The van der Waals surface area contributed by atoms with Crippen molar-refractivity contribution >= 4 is 11.9 Å². The second-order valence-corrected chi connectivity index (χ2v) is 8.44. The summed E-state index contributed by atoms with van der Waals surface area (Å²) >= 11 is 0. The molecule has 3 heterocycles. The fraction of sp³-hybridized carbons (Fsp3) is 0.231. The van der Waals surface area contributed by atoms with Crippen molar-refractivity contribution < 1.29 is 22.7 Å². The Kier molecular flexibility index (Phi) is 6.51. The molecule has 0 spiro atoms. The normalized spacial score (nSPS) is 14.1. The maximum atomic E-state index is 13.6. The first-order chi connectivity index (χ1) is 17.8. The second kappa shape index (κ2) is 9.92. The number of carbonyl (C=O) groups excluding carboxylic acids is 1. The molecule has 5 rings (SSSR count). The Morgan fingerprint density at radius 1 is 0.946 bits per heavy atom. The largest absolute Gasteiger partial charge is 0.497 e. The van der Waals surface area contributed by atoms with Crippen LogP contribution in [0.15, 0.2) is 73.2 Å². The highest BCUT2D eigenvalue weighted by Gasteiger charge is 2.31. The quantitative estimate of drug-likeness (QED) is 0.400. The maximum Gasteiger partial charge on any atom is 0.416 e. The van der Waals surface area contributed by atoms with Gasteiger partial charge in [0.1, 0.15) is 5.75 Å². The Morgan fingerprint density at radius 2 is 1.65 bits per heavy atom. The van der Waals surface area contributed by atoms with Gasteiger partial charge in [0.25, 0.3) is 5.91 Å². The first-order valence-electron chi connectivity index (χ1n) is 11.6. The molecule has 0 unspecified atom stereocenters. The van der Waals surface area contributed by atoms with Crippen molar-refractivity contribution in [3.63, 3.8) is 0 Å². The molecule has 4 aromatic rings. The number of ether oxygens (including phenoxy) is 1. The van der Waals surface area contributed by atoms with Crippen LogP contribution in [-0.4, -0.2) is 63.8 Å². The molecular weight excluding hydrogens is 485 g/mol. The summed E-state index contributed by atoms with van der Waals surface area (Å²) in [5.74, 6) is 0.949. The Labute approximate surface area is 210 Å². The SMILES string of the molecule is COc1cccc(-c2cn(-c3ccc(C(F)(F)F)cc3)nc2C(=O)N2CCN(c3ncccn3)CC2)c1. The van der Waals surface area contributed by atoms with E-state index in [0.29, 0.717) is 54.7 Å². The summed E-state index contributed by atoms with van der Waals surface area (Å²) in [6.45, 7) is 2.01. The van der Waals surface area contributed by atoms with E-state index in [1.807, 2.05) is 11.0 Å². The van der Waals surface area contributed by atoms with Crippen LogP contribution in [0.2, 0.25) is 0 Å². The predicted octanol–water partition coefficient (Wildman–Crippen LogP) is 4.32. The average Bonchev–Trinajstić information content (AvgIpc) is 3.38. The van der Waals surface area contributed by atoms with E-state index in [0.717, 1.165) is 12.1 Å².